The van der Waals surface area contributed by atoms with Crippen molar-refractivity contribution in [3.05, 3.63) is 52.2 Å². The fourth-order valence-corrected chi connectivity index (χ4v) is 5.69. The highest BCUT2D eigenvalue weighted by molar-refractivity contribution is 7.89. The number of carbonyl (C=O) groups is 1. The Morgan fingerprint density at radius 2 is 1.79 bits per heavy atom. The van der Waals surface area contributed by atoms with Gasteiger partial charge in [-0.3, -0.25) is 4.79 Å². The van der Waals surface area contributed by atoms with Crippen LogP contribution in [0.15, 0.2) is 46.7 Å². The molecule has 1 N–H and O–H groups in total. The smallest absolute Gasteiger partial charge is 0.243 e. The van der Waals surface area contributed by atoms with Crippen LogP contribution < -0.4 is 5.32 Å². The molecule has 0 bridgehead atoms. The van der Waals surface area contributed by atoms with E-state index in [-0.39, 0.29) is 11.9 Å². The normalized spacial score (nSPS) is 17.0. The molecule has 0 aliphatic carbocycles. The van der Waals surface area contributed by atoms with Crippen molar-refractivity contribution in [2.45, 2.75) is 56.4 Å². The molecule has 1 unspecified atom stereocenters. The van der Waals surface area contributed by atoms with E-state index in [4.69, 9.17) is 0 Å². The number of amides is 1. The molecule has 7 heteroatoms. The summed E-state index contributed by atoms with van der Waals surface area (Å²) in [4.78, 5) is 13.7. The molecular weight excluding hydrogens is 392 g/mol. The van der Waals surface area contributed by atoms with Crippen LogP contribution in [-0.2, 0) is 21.2 Å². The Labute approximate surface area is 171 Å². The lowest BCUT2D eigenvalue weighted by molar-refractivity contribution is -0.121. The van der Waals surface area contributed by atoms with E-state index in [2.05, 4.69) is 5.32 Å². The van der Waals surface area contributed by atoms with Gasteiger partial charge in [-0.15, -0.1) is 11.3 Å². The van der Waals surface area contributed by atoms with Crippen LogP contribution in [0.5, 0.6) is 0 Å². The van der Waals surface area contributed by atoms with E-state index < -0.39 is 10.0 Å². The molecule has 5 nitrogen and oxygen atoms in total. The summed E-state index contributed by atoms with van der Waals surface area (Å²) in [5, 5.41) is 5.01. The molecule has 28 heavy (non-hydrogen) atoms. The molecule has 1 fully saturated rings. The van der Waals surface area contributed by atoms with Gasteiger partial charge in [0.1, 0.15) is 0 Å². The van der Waals surface area contributed by atoms with Crippen molar-refractivity contribution in [3.63, 3.8) is 0 Å². The summed E-state index contributed by atoms with van der Waals surface area (Å²) in [5.41, 5.74) is 0.966. The van der Waals surface area contributed by atoms with E-state index in [1.807, 2.05) is 36.6 Å². The summed E-state index contributed by atoms with van der Waals surface area (Å²) in [6, 6.07) is 11.0. The molecule has 1 aromatic carbocycles. The fourth-order valence-electron chi connectivity index (χ4n) is 3.44. The highest BCUT2D eigenvalue weighted by atomic mass is 32.2. The van der Waals surface area contributed by atoms with Crippen molar-refractivity contribution in [2.75, 3.05) is 13.1 Å². The fraction of sp³-hybridized carbons (Fsp3) is 0.476. The second kappa shape index (κ2) is 9.67. The maximum absolute atomic E-state index is 12.8. The third-order valence-corrected chi connectivity index (χ3v) is 8.08. The molecule has 0 radical (unpaired) electrons. The molecule has 1 amide bonds. The summed E-state index contributed by atoms with van der Waals surface area (Å²) < 4.78 is 27.2. The Morgan fingerprint density at radius 1 is 1.11 bits per heavy atom. The van der Waals surface area contributed by atoms with Gasteiger partial charge in [-0.1, -0.05) is 31.0 Å². The van der Waals surface area contributed by atoms with Gasteiger partial charge in [0.05, 0.1) is 10.9 Å². The number of nitrogens with one attached hydrogen (secondary N) is 1. The molecule has 2 heterocycles. The predicted molar refractivity (Wildman–Crippen MR) is 113 cm³/mol. The van der Waals surface area contributed by atoms with Gasteiger partial charge in [0.2, 0.25) is 15.9 Å². The lowest BCUT2D eigenvalue weighted by Gasteiger charge is -2.20. The van der Waals surface area contributed by atoms with Crippen molar-refractivity contribution in [3.8, 4) is 0 Å². The van der Waals surface area contributed by atoms with Gasteiger partial charge in [0.15, 0.2) is 0 Å². The van der Waals surface area contributed by atoms with E-state index in [0.717, 1.165) is 36.1 Å². The molecule has 1 saturated heterocycles. The van der Waals surface area contributed by atoms with Crippen LogP contribution in [-0.4, -0.2) is 31.7 Å². The molecule has 2 aromatic rings. The van der Waals surface area contributed by atoms with Crippen molar-refractivity contribution in [1.29, 1.82) is 0 Å². The lowest BCUT2D eigenvalue weighted by atomic mass is 10.1. The lowest BCUT2D eigenvalue weighted by Crippen LogP contribution is -2.31. The average Bonchev–Trinajstić information content (AvgIpc) is 3.09. The van der Waals surface area contributed by atoms with Gasteiger partial charge in [0.25, 0.3) is 0 Å². The van der Waals surface area contributed by atoms with Crippen LogP contribution in [0.1, 0.15) is 55.5 Å². The molecule has 1 aliphatic heterocycles. The van der Waals surface area contributed by atoms with Crippen LogP contribution >= 0.6 is 11.3 Å². The second-order valence-electron chi connectivity index (χ2n) is 7.27. The SMILES string of the molecule is CC(NC(=O)CCc1ccc(S(=O)(=O)N2CCCCCC2)cc1)c1cccs1. The number of thiophene rings is 1. The average molecular weight is 421 g/mol. The number of hydrogen-bond donors (Lipinski definition) is 1. The first-order chi connectivity index (χ1) is 13.5. The zero-order valence-corrected chi connectivity index (χ0v) is 17.9. The first-order valence-electron chi connectivity index (χ1n) is 9.88. The largest absolute Gasteiger partial charge is 0.349 e. The number of carbonyl (C=O) groups excluding carboxylic acids is 1. The van der Waals surface area contributed by atoms with Gasteiger partial charge in [0, 0.05) is 24.4 Å². The Bertz CT molecular complexity index is 854. The van der Waals surface area contributed by atoms with Crippen molar-refractivity contribution in [2.24, 2.45) is 0 Å². The van der Waals surface area contributed by atoms with E-state index in [1.54, 1.807) is 27.8 Å². The number of nitrogens with zero attached hydrogens (tertiary/aromatic N) is 1. The number of rotatable bonds is 7. The Morgan fingerprint density at radius 3 is 2.39 bits per heavy atom. The molecule has 3 rings (SSSR count). The van der Waals surface area contributed by atoms with Gasteiger partial charge in [-0.2, -0.15) is 4.31 Å². The molecule has 0 spiro atoms. The molecule has 1 aliphatic rings. The molecule has 152 valence electrons. The standard InChI is InChI=1S/C21H28N2O3S2/c1-17(20-7-6-16-27-20)22-21(24)13-10-18-8-11-19(12-9-18)28(25,26)23-14-4-2-3-5-15-23/h6-9,11-12,16-17H,2-5,10,13-15H2,1H3,(H,22,24). The van der Waals surface area contributed by atoms with Crippen LogP contribution in [0.4, 0.5) is 0 Å². The van der Waals surface area contributed by atoms with E-state index in [0.29, 0.717) is 30.8 Å². The van der Waals surface area contributed by atoms with Crippen molar-refractivity contribution >= 4 is 27.3 Å². The van der Waals surface area contributed by atoms with Gasteiger partial charge in [-0.05, 0) is 55.3 Å². The van der Waals surface area contributed by atoms with Gasteiger partial charge in [-0.25, -0.2) is 8.42 Å². The summed E-state index contributed by atoms with van der Waals surface area (Å²) in [7, 11) is -3.42. The Hall–Kier alpha value is -1.70. The van der Waals surface area contributed by atoms with Crippen molar-refractivity contribution in [1.82, 2.24) is 9.62 Å². The van der Waals surface area contributed by atoms with Crippen LogP contribution in [0.3, 0.4) is 0 Å². The monoisotopic (exact) mass is 420 g/mol. The maximum Gasteiger partial charge on any atom is 0.243 e. The zero-order chi connectivity index (χ0) is 20.0. The van der Waals surface area contributed by atoms with Crippen LogP contribution in [0.25, 0.3) is 0 Å². The minimum Gasteiger partial charge on any atom is -0.349 e. The minimum absolute atomic E-state index is 0.00200. The molecule has 1 aromatic heterocycles. The third-order valence-electron chi connectivity index (χ3n) is 5.11. The number of aryl methyl sites for hydroxylation is 1. The quantitative estimate of drug-likeness (QED) is 0.733. The topological polar surface area (TPSA) is 66.5 Å². The molecule has 0 saturated carbocycles. The third kappa shape index (κ3) is 5.43. The molecule has 1 atom stereocenters. The predicted octanol–water partition coefficient (Wildman–Crippen LogP) is 4.12. The van der Waals surface area contributed by atoms with Crippen LogP contribution in [0.2, 0.25) is 0 Å². The second-order valence-corrected chi connectivity index (χ2v) is 10.2. The van der Waals surface area contributed by atoms with E-state index in [1.165, 1.54) is 0 Å². The first-order valence-corrected chi connectivity index (χ1v) is 12.2. The maximum atomic E-state index is 12.8. The summed E-state index contributed by atoms with van der Waals surface area (Å²) in [5.74, 6) is 0.00200. The minimum atomic E-state index is -3.42. The van der Waals surface area contributed by atoms with Gasteiger partial charge < -0.3 is 5.32 Å². The van der Waals surface area contributed by atoms with Crippen LogP contribution in [0, 0.1) is 0 Å². The Balaban J connectivity index is 1.54. The first kappa shape index (κ1) is 21.0. The summed E-state index contributed by atoms with van der Waals surface area (Å²) in [6.45, 7) is 3.19. The Kier molecular flexibility index (Phi) is 7.26. The molecular formula is C21H28N2O3S2. The van der Waals surface area contributed by atoms with Crippen molar-refractivity contribution < 1.29 is 13.2 Å². The zero-order valence-electron chi connectivity index (χ0n) is 16.3. The number of sulfonamides is 1. The summed E-state index contributed by atoms with van der Waals surface area (Å²) in [6.07, 6.45) is 5.02. The number of benzene rings is 1. The van der Waals surface area contributed by atoms with Gasteiger partial charge >= 0.3 is 0 Å². The highest BCUT2D eigenvalue weighted by Crippen LogP contribution is 2.21. The van der Waals surface area contributed by atoms with E-state index >= 15 is 0 Å². The summed E-state index contributed by atoms with van der Waals surface area (Å²) >= 11 is 1.63. The number of hydrogen-bond acceptors (Lipinski definition) is 4. The van der Waals surface area contributed by atoms with E-state index in [9.17, 15) is 13.2 Å². The highest BCUT2D eigenvalue weighted by Gasteiger charge is 2.24.